The van der Waals surface area contributed by atoms with Gasteiger partial charge in [-0.15, -0.1) is 0 Å². The molecule has 1 aromatic rings. The van der Waals surface area contributed by atoms with E-state index in [1.54, 1.807) is 11.9 Å². The summed E-state index contributed by atoms with van der Waals surface area (Å²) in [6.07, 6.45) is 7.69. The first-order valence-corrected chi connectivity index (χ1v) is 9.08. The molecule has 1 aliphatic rings. The molecule has 0 saturated carbocycles. The summed E-state index contributed by atoms with van der Waals surface area (Å²) in [5.74, 6) is 0. The van der Waals surface area contributed by atoms with Crippen LogP contribution >= 0.6 is 11.9 Å². The second kappa shape index (κ2) is 7.58. The van der Waals surface area contributed by atoms with Crippen LogP contribution in [-0.2, 0) is 11.4 Å². The zero-order chi connectivity index (χ0) is 13.7. The molecule has 0 aliphatic carbocycles. The van der Waals surface area contributed by atoms with Crippen molar-refractivity contribution in [1.82, 2.24) is 3.71 Å². The third-order valence-corrected chi connectivity index (χ3v) is 6.33. The Morgan fingerprint density at radius 1 is 1.16 bits per heavy atom. The minimum Gasteiger partial charge on any atom is -0.592 e. The lowest BCUT2D eigenvalue weighted by atomic mass is 10.1. The third-order valence-electron chi connectivity index (χ3n) is 3.37. The van der Waals surface area contributed by atoms with E-state index in [4.69, 9.17) is 0 Å². The van der Waals surface area contributed by atoms with Crippen LogP contribution in [0.1, 0.15) is 51.0 Å². The van der Waals surface area contributed by atoms with Crippen molar-refractivity contribution in [2.45, 2.75) is 62.2 Å². The molecule has 1 unspecified atom stereocenters. The van der Waals surface area contributed by atoms with Crippen LogP contribution in [0.3, 0.4) is 0 Å². The van der Waals surface area contributed by atoms with Gasteiger partial charge in [-0.25, -0.2) is 0 Å². The molecule has 1 heterocycles. The molecule has 1 aliphatic heterocycles. The van der Waals surface area contributed by atoms with E-state index in [2.05, 4.69) is 19.9 Å². The molecule has 0 amide bonds. The molecule has 4 heteroatoms. The first-order valence-electron chi connectivity index (χ1n) is 7.20. The van der Waals surface area contributed by atoms with Crippen LogP contribution in [0.4, 0.5) is 0 Å². The first-order chi connectivity index (χ1) is 9.22. The molecule has 2 rings (SSSR count). The van der Waals surface area contributed by atoms with Crippen LogP contribution in [0.2, 0.25) is 0 Å². The highest BCUT2D eigenvalue weighted by Crippen LogP contribution is 2.42. The third kappa shape index (κ3) is 4.15. The summed E-state index contributed by atoms with van der Waals surface area (Å²) in [5.41, 5.74) is 1.24. The number of fused-ring (bicyclic) bond motifs is 1. The molecule has 0 N–H and O–H groups in total. The Hall–Kier alpha value is -0.160. The smallest absolute Gasteiger partial charge is 0.190 e. The average Bonchev–Trinajstić information content (AvgIpc) is 2.70. The fourth-order valence-electron chi connectivity index (χ4n) is 2.23. The lowest BCUT2D eigenvalue weighted by Crippen LogP contribution is -2.20. The maximum atomic E-state index is 12.3. The molecule has 1 aromatic carbocycles. The van der Waals surface area contributed by atoms with E-state index < -0.39 is 11.4 Å². The summed E-state index contributed by atoms with van der Waals surface area (Å²) in [7, 11) is 0. The van der Waals surface area contributed by atoms with Crippen molar-refractivity contribution in [1.29, 1.82) is 0 Å². The van der Waals surface area contributed by atoms with Crippen molar-refractivity contribution in [3.05, 3.63) is 23.8 Å². The van der Waals surface area contributed by atoms with Gasteiger partial charge in [-0.05, 0) is 31.0 Å². The summed E-state index contributed by atoms with van der Waals surface area (Å²) >= 11 is 0.704. The molecule has 106 valence electrons. The van der Waals surface area contributed by atoms with E-state index in [1.165, 1.54) is 42.6 Å². The van der Waals surface area contributed by atoms with Gasteiger partial charge in [0.25, 0.3) is 0 Å². The maximum absolute atomic E-state index is 12.3. The highest BCUT2D eigenvalue weighted by Gasteiger charge is 2.34. The zero-order valence-electron chi connectivity index (χ0n) is 11.9. The number of aryl methyl sites for hydroxylation is 1. The number of hydrogen-bond acceptors (Lipinski definition) is 3. The Labute approximate surface area is 124 Å². The van der Waals surface area contributed by atoms with Crippen molar-refractivity contribution in [2.24, 2.45) is 0 Å². The number of hydrogen-bond donors (Lipinski definition) is 0. The number of benzene rings is 1. The van der Waals surface area contributed by atoms with Gasteiger partial charge in [-0.1, -0.05) is 48.8 Å². The number of nitrogens with zero attached hydrogens (tertiary/aromatic N) is 1. The predicted octanol–water partition coefficient (Wildman–Crippen LogP) is 4.70. The Morgan fingerprint density at radius 2 is 1.89 bits per heavy atom. The summed E-state index contributed by atoms with van der Waals surface area (Å²) in [5, 5.41) is 0. The fourth-order valence-corrected chi connectivity index (χ4v) is 5.08. The first kappa shape index (κ1) is 15.2. The maximum Gasteiger partial charge on any atom is 0.190 e. The van der Waals surface area contributed by atoms with Gasteiger partial charge < -0.3 is 4.55 Å². The lowest BCUT2D eigenvalue weighted by molar-refractivity contribution is 0.522. The summed E-state index contributed by atoms with van der Waals surface area (Å²) in [4.78, 5) is 2.16. The van der Waals surface area contributed by atoms with Crippen molar-refractivity contribution in [3.63, 3.8) is 0 Å². The SMILES string of the molecule is CCCCCCCCN1Sc2cc(C)ccc2[S+]1[O-]. The van der Waals surface area contributed by atoms with Gasteiger partial charge in [0.05, 0.1) is 22.8 Å². The number of rotatable bonds is 7. The van der Waals surface area contributed by atoms with Crippen LogP contribution in [0.25, 0.3) is 0 Å². The molecule has 1 atom stereocenters. The van der Waals surface area contributed by atoms with Crippen LogP contribution < -0.4 is 0 Å². The average molecular weight is 297 g/mol. The Morgan fingerprint density at radius 3 is 2.68 bits per heavy atom. The van der Waals surface area contributed by atoms with Crippen LogP contribution in [0, 0.1) is 6.92 Å². The molecule has 0 fully saturated rings. The molecule has 0 radical (unpaired) electrons. The van der Waals surface area contributed by atoms with E-state index in [0.717, 1.165) is 17.9 Å². The highest BCUT2D eigenvalue weighted by atomic mass is 32.3. The van der Waals surface area contributed by atoms with Crippen LogP contribution in [0.15, 0.2) is 28.0 Å². The molecule has 0 spiro atoms. The normalized spacial score (nSPS) is 18.8. The predicted molar refractivity (Wildman–Crippen MR) is 83.5 cm³/mol. The van der Waals surface area contributed by atoms with Crippen molar-refractivity contribution in [3.8, 4) is 0 Å². The second-order valence-electron chi connectivity index (χ2n) is 5.11. The molecule has 2 nitrogen and oxygen atoms in total. The Bertz CT molecular complexity index is 411. The van der Waals surface area contributed by atoms with Gasteiger partial charge in [0.2, 0.25) is 0 Å². The summed E-state index contributed by atoms with van der Waals surface area (Å²) in [6.45, 7) is 5.25. The van der Waals surface area contributed by atoms with Crippen LogP contribution in [-0.4, -0.2) is 14.8 Å². The molecule has 0 saturated heterocycles. The van der Waals surface area contributed by atoms with E-state index in [9.17, 15) is 4.55 Å². The summed E-state index contributed by atoms with van der Waals surface area (Å²) in [6, 6.07) is 6.19. The zero-order valence-corrected chi connectivity index (χ0v) is 13.5. The fraction of sp³-hybridized carbons (Fsp3) is 0.600. The van der Waals surface area contributed by atoms with E-state index in [1.807, 2.05) is 15.8 Å². The largest absolute Gasteiger partial charge is 0.592 e. The molecule has 19 heavy (non-hydrogen) atoms. The van der Waals surface area contributed by atoms with Crippen molar-refractivity contribution < 1.29 is 4.55 Å². The van der Waals surface area contributed by atoms with Gasteiger partial charge in [0, 0.05) is 11.9 Å². The monoisotopic (exact) mass is 297 g/mol. The topological polar surface area (TPSA) is 26.3 Å². The van der Waals surface area contributed by atoms with E-state index in [0.29, 0.717) is 0 Å². The minimum absolute atomic E-state index is 0.928. The van der Waals surface area contributed by atoms with Gasteiger partial charge >= 0.3 is 0 Å². The highest BCUT2D eigenvalue weighted by molar-refractivity contribution is 8.11. The van der Waals surface area contributed by atoms with E-state index in [-0.39, 0.29) is 0 Å². The molecular weight excluding hydrogens is 274 g/mol. The minimum atomic E-state index is -0.956. The van der Waals surface area contributed by atoms with Gasteiger partial charge in [-0.2, -0.15) is 0 Å². The Balaban J connectivity index is 1.75. The van der Waals surface area contributed by atoms with Crippen LogP contribution in [0.5, 0.6) is 0 Å². The van der Waals surface area contributed by atoms with E-state index >= 15 is 0 Å². The number of unbranched alkanes of at least 4 members (excludes halogenated alkanes) is 5. The molecule has 0 aromatic heterocycles. The van der Waals surface area contributed by atoms with Gasteiger partial charge in [0.15, 0.2) is 4.90 Å². The quantitative estimate of drug-likeness (QED) is 0.414. The van der Waals surface area contributed by atoms with Crippen molar-refractivity contribution in [2.75, 3.05) is 6.54 Å². The molecule has 0 bridgehead atoms. The second-order valence-corrected chi connectivity index (χ2v) is 7.79. The lowest BCUT2D eigenvalue weighted by Gasteiger charge is -2.14. The summed E-state index contributed by atoms with van der Waals surface area (Å²) < 4.78 is 14.3. The standard InChI is InChI=1S/C15H23NOS2/c1-3-4-5-6-7-8-11-16-18-14-12-13(2)9-10-15(14)19(16)17/h9-10,12H,3-8,11H2,1-2H3. The van der Waals surface area contributed by atoms with Gasteiger partial charge in [-0.3, -0.25) is 0 Å². The van der Waals surface area contributed by atoms with Crippen molar-refractivity contribution >= 4 is 23.3 Å². The Kier molecular flexibility index (Phi) is 6.07. The van der Waals surface area contributed by atoms with Gasteiger partial charge in [0.1, 0.15) is 0 Å². The molecular formula is C15H23NOS2.